The van der Waals surface area contributed by atoms with Crippen molar-refractivity contribution in [1.29, 1.82) is 0 Å². The first-order chi connectivity index (χ1) is 14.1. The van der Waals surface area contributed by atoms with Gasteiger partial charge in [-0.1, -0.05) is 17.8 Å². The summed E-state index contributed by atoms with van der Waals surface area (Å²) >= 11 is 1.49. The van der Waals surface area contributed by atoms with Crippen molar-refractivity contribution in [1.82, 2.24) is 15.3 Å². The fourth-order valence-electron chi connectivity index (χ4n) is 3.08. The number of rotatable bonds is 6. The lowest BCUT2D eigenvalue weighted by atomic mass is 10.1. The van der Waals surface area contributed by atoms with Gasteiger partial charge in [0.05, 0.1) is 43.4 Å². The molecule has 0 saturated heterocycles. The zero-order valence-electron chi connectivity index (χ0n) is 16.1. The smallest absolute Gasteiger partial charge is 0.256 e. The third kappa shape index (κ3) is 3.61. The summed E-state index contributed by atoms with van der Waals surface area (Å²) < 4.78 is 21.8. The summed E-state index contributed by atoms with van der Waals surface area (Å²) in [6, 6.07) is 5.10. The van der Waals surface area contributed by atoms with Crippen LogP contribution in [0.15, 0.2) is 41.1 Å². The number of oxazole rings is 1. The molecule has 3 heterocycles. The van der Waals surface area contributed by atoms with Gasteiger partial charge >= 0.3 is 0 Å². The number of hydrogen-bond donors (Lipinski definition) is 1. The highest BCUT2D eigenvalue weighted by Crippen LogP contribution is 2.41. The van der Waals surface area contributed by atoms with Crippen molar-refractivity contribution in [2.24, 2.45) is 0 Å². The molecule has 1 aromatic carbocycles. The number of ether oxygens (including phenoxy) is 3. The Morgan fingerprint density at radius 3 is 2.72 bits per heavy atom. The molecule has 2 aromatic heterocycles. The van der Waals surface area contributed by atoms with E-state index in [0.717, 1.165) is 4.91 Å². The van der Waals surface area contributed by atoms with E-state index in [0.29, 0.717) is 46.2 Å². The lowest BCUT2D eigenvalue weighted by Gasteiger charge is -2.17. The molecule has 29 heavy (non-hydrogen) atoms. The number of nitrogens with one attached hydrogen (secondary N) is 1. The molecule has 0 radical (unpaired) electrons. The van der Waals surface area contributed by atoms with Crippen LogP contribution < -0.4 is 19.5 Å². The Hall–Kier alpha value is -3.20. The monoisotopic (exact) mass is 413 g/mol. The first-order valence-corrected chi connectivity index (χ1v) is 9.70. The molecule has 1 amide bonds. The average molecular weight is 413 g/mol. The van der Waals surface area contributed by atoms with E-state index < -0.39 is 0 Å². The van der Waals surface area contributed by atoms with Gasteiger partial charge in [0.25, 0.3) is 5.91 Å². The SMILES string of the molecule is COc1ccc(C(=O)NC2CC=C(c3nc4cnccc4o3)S2)c(OC)c1OC. The highest BCUT2D eigenvalue weighted by Gasteiger charge is 2.27. The summed E-state index contributed by atoms with van der Waals surface area (Å²) in [6.45, 7) is 0. The largest absolute Gasteiger partial charge is 0.493 e. The second-order valence-corrected chi connectivity index (χ2v) is 7.37. The van der Waals surface area contributed by atoms with Crippen molar-refractivity contribution in [3.05, 3.63) is 48.1 Å². The average Bonchev–Trinajstić information content (AvgIpc) is 3.38. The van der Waals surface area contributed by atoms with E-state index >= 15 is 0 Å². The van der Waals surface area contributed by atoms with Gasteiger partial charge in [-0.25, -0.2) is 4.98 Å². The topological polar surface area (TPSA) is 95.7 Å². The van der Waals surface area contributed by atoms with Gasteiger partial charge in [0, 0.05) is 12.3 Å². The van der Waals surface area contributed by atoms with Gasteiger partial charge in [-0.05, 0) is 18.6 Å². The molecular weight excluding hydrogens is 394 g/mol. The van der Waals surface area contributed by atoms with E-state index in [1.54, 1.807) is 30.6 Å². The number of benzene rings is 1. The summed E-state index contributed by atoms with van der Waals surface area (Å²) in [5, 5.41) is 2.86. The van der Waals surface area contributed by atoms with Gasteiger partial charge in [-0.3, -0.25) is 9.78 Å². The maximum atomic E-state index is 12.9. The van der Waals surface area contributed by atoms with Crippen LogP contribution in [0.1, 0.15) is 22.7 Å². The number of carbonyl (C=O) groups is 1. The lowest BCUT2D eigenvalue weighted by molar-refractivity contribution is 0.0946. The third-order valence-electron chi connectivity index (χ3n) is 4.43. The number of amides is 1. The molecule has 0 saturated carbocycles. The second kappa shape index (κ2) is 8.04. The van der Waals surface area contributed by atoms with Crippen LogP contribution in [-0.2, 0) is 0 Å². The Morgan fingerprint density at radius 2 is 2.00 bits per heavy atom. The van der Waals surface area contributed by atoms with Gasteiger partial charge in [-0.15, -0.1) is 0 Å². The minimum absolute atomic E-state index is 0.150. The third-order valence-corrected chi connectivity index (χ3v) is 5.62. The summed E-state index contributed by atoms with van der Waals surface area (Å²) in [7, 11) is 4.52. The fourth-order valence-corrected chi connectivity index (χ4v) is 4.12. The van der Waals surface area contributed by atoms with Crippen LogP contribution in [0.5, 0.6) is 17.2 Å². The summed E-state index contributed by atoms with van der Waals surface area (Å²) in [4.78, 5) is 22.2. The molecule has 150 valence electrons. The maximum Gasteiger partial charge on any atom is 0.256 e. The minimum atomic E-state index is -0.267. The zero-order chi connectivity index (χ0) is 20.4. The van der Waals surface area contributed by atoms with Crippen LogP contribution in [0, 0.1) is 0 Å². The normalized spacial score (nSPS) is 15.8. The van der Waals surface area contributed by atoms with E-state index in [1.165, 1.54) is 33.1 Å². The minimum Gasteiger partial charge on any atom is -0.493 e. The Kier molecular flexibility index (Phi) is 5.30. The number of pyridine rings is 1. The van der Waals surface area contributed by atoms with Gasteiger partial charge in [0.2, 0.25) is 11.6 Å². The van der Waals surface area contributed by atoms with E-state index in [1.807, 2.05) is 6.08 Å². The maximum absolute atomic E-state index is 12.9. The quantitative estimate of drug-likeness (QED) is 0.656. The van der Waals surface area contributed by atoms with Crippen LogP contribution in [0.25, 0.3) is 16.0 Å². The molecule has 0 bridgehead atoms. The van der Waals surface area contributed by atoms with Crippen LogP contribution >= 0.6 is 11.8 Å². The van der Waals surface area contributed by atoms with Crippen molar-refractivity contribution in [2.45, 2.75) is 11.8 Å². The van der Waals surface area contributed by atoms with E-state index in [9.17, 15) is 4.79 Å². The van der Waals surface area contributed by atoms with Crippen LogP contribution in [-0.4, -0.2) is 42.6 Å². The molecule has 1 N–H and O–H groups in total. The van der Waals surface area contributed by atoms with Crippen LogP contribution in [0.3, 0.4) is 0 Å². The molecule has 8 nitrogen and oxygen atoms in total. The predicted molar refractivity (Wildman–Crippen MR) is 109 cm³/mol. The molecule has 1 aliphatic rings. The van der Waals surface area contributed by atoms with Crippen molar-refractivity contribution in [3.63, 3.8) is 0 Å². The lowest BCUT2D eigenvalue weighted by Crippen LogP contribution is -2.31. The molecule has 0 aliphatic carbocycles. The number of fused-ring (bicyclic) bond motifs is 1. The first-order valence-electron chi connectivity index (χ1n) is 8.82. The molecule has 1 aliphatic heterocycles. The molecule has 0 spiro atoms. The van der Waals surface area contributed by atoms with Crippen LogP contribution in [0.4, 0.5) is 0 Å². The Labute approximate surface area is 171 Å². The number of thioether (sulfide) groups is 1. The van der Waals surface area contributed by atoms with Crippen molar-refractivity contribution >= 4 is 33.7 Å². The summed E-state index contributed by atoms with van der Waals surface area (Å²) in [6.07, 6.45) is 5.97. The second-order valence-electron chi connectivity index (χ2n) is 6.13. The molecule has 3 aromatic rings. The molecule has 9 heteroatoms. The number of nitrogens with zero attached hydrogens (tertiary/aromatic N) is 2. The Morgan fingerprint density at radius 1 is 1.17 bits per heavy atom. The van der Waals surface area contributed by atoms with E-state index in [-0.39, 0.29) is 11.3 Å². The fraction of sp³-hybridized carbons (Fsp3) is 0.250. The molecule has 1 unspecified atom stereocenters. The molecule has 0 fully saturated rings. The van der Waals surface area contributed by atoms with Gasteiger partial charge in [0.15, 0.2) is 17.1 Å². The standard InChI is InChI=1S/C20H19N3O5S/c1-25-14-5-4-11(17(26-2)18(14)27-3)19(24)23-16-7-6-15(29-16)20-22-12-10-21-9-8-13(12)28-20/h4-6,8-10,16H,7H2,1-3H3,(H,23,24). The predicted octanol–water partition coefficient (Wildman–Crippen LogP) is 3.48. The zero-order valence-corrected chi connectivity index (χ0v) is 16.9. The Balaban J connectivity index is 1.49. The molecule has 1 atom stereocenters. The van der Waals surface area contributed by atoms with E-state index in [2.05, 4.69) is 15.3 Å². The Bertz CT molecular complexity index is 1060. The number of carbonyl (C=O) groups excluding carboxylic acids is 1. The highest BCUT2D eigenvalue weighted by atomic mass is 32.2. The first kappa shape index (κ1) is 19.1. The molecule has 4 rings (SSSR count). The van der Waals surface area contributed by atoms with Gasteiger partial charge in [-0.2, -0.15) is 0 Å². The number of aromatic nitrogens is 2. The van der Waals surface area contributed by atoms with Crippen molar-refractivity contribution < 1.29 is 23.4 Å². The number of methoxy groups -OCH3 is 3. The highest BCUT2D eigenvalue weighted by molar-refractivity contribution is 8.09. The van der Waals surface area contributed by atoms with Gasteiger partial charge in [0.1, 0.15) is 5.52 Å². The molecular formula is C20H19N3O5S. The van der Waals surface area contributed by atoms with E-state index in [4.69, 9.17) is 18.6 Å². The number of hydrogen-bond acceptors (Lipinski definition) is 8. The van der Waals surface area contributed by atoms with Crippen molar-refractivity contribution in [2.75, 3.05) is 21.3 Å². The van der Waals surface area contributed by atoms with Gasteiger partial charge < -0.3 is 23.9 Å². The van der Waals surface area contributed by atoms with Crippen molar-refractivity contribution in [3.8, 4) is 17.2 Å². The van der Waals surface area contributed by atoms with Crippen LogP contribution in [0.2, 0.25) is 0 Å². The summed E-state index contributed by atoms with van der Waals surface area (Å²) in [5.74, 6) is 1.45. The summed E-state index contributed by atoms with van der Waals surface area (Å²) in [5.41, 5.74) is 1.75.